The van der Waals surface area contributed by atoms with Crippen molar-refractivity contribution >= 4 is 35.3 Å². The lowest BCUT2D eigenvalue weighted by Crippen LogP contribution is -2.54. The summed E-state index contributed by atoms with van der Waals surface area (Å²) in [5.41, 5.74) is 0.809. The number of hydrogen-bond donors (Lipinski definition) is 0. The number of ether oxygens (including phenoxy) is 2. The second kappa shape index (κ2) is 10.3. The molecule has 1 aliphatic rings. The number of anilines is 1. The normalized spacial score (nSPS) is 16.0. The van der Waals surface area contributed by atoms with Crippen molar-refractivity contribution in [3.8, 4) is 0 Å². The maximum absolute atomic E-state index is 13.8. The van der Waals surface area contributed by atoms with E-state index in [0.29, 0.717) is 18.5 Å². The van der Waals surface area contributed by atoms with Crippen molar-refractivity contribution in [1.29, 1.82) is 0 Å². The Morgan fingerprint density at radius 2 is 1.73 bits per heavy atom. The Morgan fingerprint density at radius 3 is 2.36 bits per heavy atom. The molecule has 0 aromatic heterocycles. The van der Waals surface area contributed by atoms with Crippen molar-refractivity contribution in [2.45, 2.75) is 50.8 Å². The third kappa shape index (κ3) is 6.05. The topological polar surface area (TPSA) is 76.2 Å². The molecule has 0 bridgehead atoms. The van der Waals surface area contributed by atoms with Gasteiger partial charge < -0.3 is 14.4 Å². The number of carbonyl (C=O) groups is 3. The van der Waals surface area contributed by atoms with E-state index in [0.717, 1.165) is 11.1 Å². The van der Waals surface area contributed by atoms with Crippen LogP contribution in [0.4, 0.5) is 10.5 Å². The predicted octanol–water partition coefficient (Wildman–Crippen LogP) is 4.16. The first-order valence-corrected chi connectivity index (χ1v) is 11.2. The van der Waals surface area contributed by atoms with Crippen LogP contribution in [0.3, 0.4) is 0 Å². The number of esters is 1. The van der Waals surface area contributed by atoms with E-state index in [1.54, 1.807) is 32.9 Å². The van der Waals surface area contributed by atoms with Gasteiger partial charge in [0.1, 0.15) is 23.7 Å². The molecule has 2 aromatic carbocycles. The van der Waals surface area contributed by atoms with Gasteiger partial charge in [-0.2, -0.15) is 0 Å². The zero-order valence-corrected chi connectivity index (χ0v) is 20.0. The second-order valence-corrected chi connectivity index (χ2v) is 9.37. The summed E-state index contributed by atoms with van der Waals surface area (Å²) in [6, 6.07) is 15.8. The van der Waals surface area contributed by atoms with Gasteiger partial charge in [0.25, 0.3) is 0 Å². The van der Waals surface area contributed by atoms with Gasteiger partial charge in [-0.15, -0.1) is 0 Å². The van der Waals surface area contributed by atoms with Crippen LogP contribution in [0.1, 0.15) is 31.9 Å². The van der Waals surface area contributed by atoms with Crippen LogP contribution < -0.4 is 4.90 Å². The minimum absolute atomic E-state index is 0.293. The van der Waals surface area contributed by atoms with Crippen LogP contribution in [0.5, 0.6) is 0 Å². The van der Waals surface area contributed by atoms with E-state index in [-0.39, 0.29) is 6.54 Å². The molecule has 2 aromatic rings. The lowest BCUT2D eigenvalue weighted by molar-refractivity contribution is -0.148. The van der Waals surface area contributed by atoms with E-state index in [1.807, 2.05) is 42.5 Å². The number of para-hydroxylation sites is 1. The van der Waals surface area contributed by atoms with Crippen LogP contribution in [0.15, 0.2) is 54.6 Å². The van der Waals surface area contributed by atoms with Crippen molar-refractivity contribution in [3.05, 3.63) is 65.7 Å². The minimum atomic E-state index is -0.890. The Kier molecular flexibility index (Phi) is 7.64. The fraction of sp³-hybridized carbons (Fsp3) is 0.400. The molecule has 1 aliphatic heterocycles. The summed E-state index contributed by atoms with van der Waals surface area (Å²) in [5.74, 6) is -1.04. The van der Waals surface area contributed by atoms with Gasteiger partial charge in [0.2, 0.25) is 5.91 Å². The van der Waals surface area contributed by atoms with Gasteiger partial charge in [0.15, 0.2) is 0 Å². The van der Waals surface area contributed by atoms with Gasteiger partial charge in [-0.3, -0.25) is 14.5 Å². The van der Waals surface area contributed by atoms with E-state index in [1.165, 1.54) is 16.9 Å². The molecule has 1 heterocycles. The summed E-state index contributed by atoms with van der Waals surface area (Å²) in [5, 5.41) is 0. The summed E-state index contributed by atoms with van der Waals surface area (Å²) in [4.78, 5) is 41.6. The molecule has 0 saturated carbocycles. The summed E-state index contributed by atoms with van der Waals surface area (Å²) < 4.78 is 10.4. The van der Waals surface area contributed by atoms with Gasteiger partial charge in [-0.1, -0.05) is 60.1 Å². The summed E-state index contributed by atoms with van der Waals surface area (Å²) in [7, 11) is 1.25. The van der Waals surface area contributed by atoms with Crippen LogP contribution in [-0.4, -0.2) is 53.7 Å². The Labute approximate surface area is 199 Å². The molecule has 2 atom stereocenters. The molecular formula is C25H29ClN2O5. The number of nitrogens with zero attached hydrogens (tertiary/aromatic N) is 2. The van der Waals surface area contributed by atoms with Gasteiger partial charge in [-0.05, 0) is 38.0 Å². The number of carbonyl (C=O) groups excluding carboxylic acids is 3. The van der Waals surface area contributed by atoms with Crippen LogP contribution in [0.25, 0.3) is 0 Å². The highest BCUT2D eigenvalue weighted by Gasteiger charge is 2.43. The molecule has 3 rings (SSSR count). The molecule has 176 valence electrons. The SMILES string of the molecule is COC(=O)CN(C(=O)[C@H]1Cc2ccccc2N1C(=O)OC(C)(C)C)C(Cl)Cc1ccccc1. The predicted molar refractivity (Wildman–Crippen MR) is 126 cm³/mol. The van der Waals surface area contributed by atoms with Crippen molar-refractivity contribution in [2.24, 2.45) is 0 Å². The zero-order chi connectivity index (χ0) is 24.2. The van der Waals surface area contributed by atoms with Crippen molar-refractivity contribution in [1.82, 2.24) is 4.90 Å². The molecule has 1 unspecified atom stereocenters. The molecule has 33 heavy (non-hydrogen) atoms. The van der Waals surface area contributed by atoms with Gasteiger partial charge in [0, 0.05) is 12.8 Å². The van der Waals surface area contributed by atoms with E-state index < -0.39 is 35.1 Å². The molecular weight excluding hydrogens is 444 g/mol. The Morgan fingerprint density at radius 1 is 1.09 bits per heavy atom. The highest BCUT2D eigenvalue weighted by Crippen LogP contribution is 2.34. The molecule has 2 amide bonds. The summed E-state index contributed by atoms with van der Waals surface area (Å²) in [6.07, 6.45) is -0.00373. The van der Waals surface area contributed by atoms with E-state index in [4.69, 9.17) is 21.1 Å². The molecule has 0 N–H and O–H groups in total. The Hall–Kier alpha value is -3.06. The number of alkyl halides is 1. The highest BCUT2D eigenvalue weighted by atomic mass is 35.5. The third-order valence-electron chi connectivity index (χ3n) is 5.25. The highest BCUT2D eigenvalue weighted by molar-refractivity contribution is 6.22. The molecule has 7 nitrogen and oxygen atoms in total. The molecule has 8 heteroatoms. The van der Waals surface area contributed by atoms with Crippen LogP contribution in [-0.2, 0) is 31.9 Å². The standard InChI is InChI=1S/C25H29ClN2O5/c1-25(2,3)33-24(31)28-19-13-9-8-12-18(19)15-20(28)23(30)27(16-22(29)32-4)21(26)14-17-10-6-5-7-11-17/h5-13,20-21H,14-16H2,1-4H3/t20-,21?/m1/s1. The first-order valence-electron chi connectivity index (χ1n) is 10.8. The first-order chi connectivity index (χ1) is 15.6. The van der Waals surface area contributed by atoms with Crippen LogP contribution in [0.2, 0.25) is 0 Å². The van der Waals surface area contributed by atoms with Gasteiger partial charge in [-0.25, -0.2) is 4.79 Å². The lowest BCUT2D eigenvalue weighted by Gasteiger charge is -2.33. The van der Waals surface area contributed by atoms with Crippen molar-refractivity contribution < 1.29 is 23.9 Å². The number of methoxy groups -OCH3 is 1. The maximum Gasteiger partial charge on any atom is 0.415 e. The number of hydrogen-bond acceptors (Lipinski definition) is 5. The molecule has 0 spiro atoms. The number of amides is 2. The second-order valence-electron chi connectivity index (χ2n) is 8.87. The van der Waals surface area contributed by atoms with Crippen LogP contribution >= 0.6 is 11.6 Å². The minimum Gasteiger partial charge on any atom is -0.468 e. The average molecular weight is 473 g/mol. The van der Waals surface area contributed by atoms with Crippen molar-refractivity contribution in [2.75, 3.05) is 18.6 Å². The molecule has 0 radical (unpaired) electrons. The first kappa shape index (κ1) is 24.6. The Bertz CT molecular complexity index is 1010. The number of rotatable bonds is 6. The number of halogens is 1. The fourth-order valence-corrected chi connectivity index (χ4v) is 4.09. The van der Waals surface area contributed by atoms with Gasteiger partial charge in [0.05, 0.1) is 12.8 Å². The van der Waals surface area contributed by atoms with E-state index >= 15 is 0 Å². The smallest absolute Gasteiger partial charge is 0.415 e. The number of fused-ring (bicyclic) bond motifs is 1. The van der Waals surface area contributed by atoms with E-state index in [9.17, 15) is 14.4 Å². The maximum atomic E-state index is 13.8. The monoisotopic (exact) mass is 472 g/mol. The largest absolute Gasteiger partial charge is 0.468 e. The number of benzene rings is 2. The van der Waals surface area contributed by atoms with Crippen LogP contribution in [0, 0.1) is 0 Å². The quantitative estimate of drug-likeness (QED) is 0.358. The summed E-state index contributed by atoms with van der Waals surface area (Å²) in [6.45, 7) is 4.97. The third-order valence-corrected chi connectivity index (χ3v) is 5.64. The average Bonchev–Trinajstić information content (AvgIpc) is 3.16. The fourth-order valence-electron chi connectivity index (χ4n) is 3.75. The van der Waals surface area contributed by atoms with Crippen molar-refractivity contribution in [3.63, 3.8) is 0 Å². The lowest BCUT2D eigenvalue weighted by atomic mass is 10.1. The van der Waals surface area contributed by atoms with E-state index in [2.05, 4.69) is 0 Å². The Balaban J connectivity index is 1.92. The molecule has 0 aliphatic carbocycles. The molecule has 0 saturated heterocycles. The zero-order valence-electron chi connectivity index (χ0n) is 19.3. The summed E-state index contributed by atoms with van der Waals surface area (Å²) >= 11 is 6.66. The van der Waals surface area contributed by atoms with Gasteiger partial charge >= 0.3 is 12.1 Å². The molecule has 0 fully saturated rings.